The maximum absolute atomic E-state index is 15.3. The van der Waals surface area contributed by atoms with Crippen molar-refractivity contribution in [2.45, 2.75) is 24.2 Å². The second kappa shape index (κ2) is 15.0. The number of carbonyl (C=O) groups is 4. The number of anilines is 3. The van der Waals surface area contributed by atoms with E-state index in [9.17, 15) is 23.9 Å². The van der Waals surface area contributed by atoms with Crippen LogP contribution in [-0.4, -0.2) is 47.8 Å². The quantitative estimate of drug-likeness (QED) is 0.0903. The minimum Gasteiger partial charge on any atom is -0.508 e. The lowest BCUT2D eigenvalue weighted by Gasteiger charge is -2.50. The van der Waals surface area contributed by atoms with E-state index in [0.29, 0.717) is 38.9 Å². The van der Waals surface area contributed by atoms with E-state index < -0.39 is 58.5 Å². The summed E-state index contributed by atoms with van der Waals surface area (Å²) >= 11 is 13.0. The van der Waals surface area contributed by atoms with Crippen molar-refractivity contribution in [3.63, 3.8) is 0 Å². The largest absolute Gasteiger partial charge is 0.508 e. The number of benzene rings is 5. The molecule has 2 aliphatic heterocycles. The molecule has 4 aliphatic rings. The molecular formula is C46H37Cl2FN6O5. The maximum atomic E-state index is 15.3. The van der Waals surface area contributed by atoms with E-state index in [1.165, 1.54) is 41.3 Å². The molecule has 1 saturated carbocycles. The lowest BCUT2D eigenvalue weighted by atomic mass is 9.49. The van der Waals surface area contributed by atoms with Crippen LogP contribution in [0, 0.1) is 29.5 Å². The molecule has 2 saturated heterocycles. The molecule has 5 aromatic rings. The molecule has 6 atom stereocenters. The topological polar surface area (TPSA) is 135 Å². The van der Waals surface area contributed by atoms with Crippen LogP contribution < -0.4 is 15.2 Å². The van der Waals surface area contributed by atoms with Gasteiger partial charge in [-0.15, -0.1) is 0 Å². The lowest BCUT2D eigenvalue weighted by molar-refractivity contribution is -0.138. The van der Waals surface area contributed by atoms with Gasteiger partial charge in [-0.05, 0) is 127 Å². The number of phenols is 1. The minimum absolute atomic E-state index is 0.0291. The van der Waals surface area contributed by atoms with Crippen molar-refractivity contribution in [3.05, 3.63) is 154 Å². The van der Waals surface area contributed by atoms with E-state index in [-0.39, 0.29) is 35.1 Å². The molecule has 0 unspecified atom stereocenters. The Morgan fingerprint density at radius 3 is 2.05 bits per heavy atom. The number of nitrogens with zero attached hydrogens (tertiary/aromatic N) is 5. The number of phenolic OH excluding ortho intramolecular Hbond substituents is 1. The number of aromatic hydroxyl groups is 1. The fourth-order valence-corrected chi connectivity index (χ4v) is 9.92. The predicted octanol–water partition coefficient (Wildman–Crippen LogP) is 9.51. The number of carbonyl (C=O) groups excluding carboxylic acids is 4. The molecular weight excluding hydrogens is 806 g/mol. The molecule has 11 nitrogen and oxygen atoms in total. The zero-order valence-corrected chi connectivity index (χ0v) is 33.8. The summed E-state index contributed by atoms with van der Waals surface area (Å²) in [6.07, 6.45) is 2.10. The van der Waals surface area contributed by atoms with Crippen LogP contribution in [-0.2, 0) is 24.6 Å². The van der Waals surface area contributed by atoms with Gasteiger partial charge in [0.15, 0.2) is 0 Å². The second-order valence-electron chi connectivity index (χ2n) is 15.7. The molecule has 0 spiro atoms. The summed E-state index contributed by atoms with van der Waals surface area (Å²) in [5, 5.41) is 21.9. The van der Waals surface area contributed by atoms with Crippen LogP contribution in [0.2, 0.25) is 10.0 Å². The summed E-state index contributed by atoms with van der Waals surface area (Å²) in [4.78, 5) is 62.4. The standard InChI is InChI=1S/C46H37Cl2FN6O5/c1-53(2)32-16-12-29(13-17-32)50-51-30-14-18-33(19-15-30)54-42(57)35-21-20-34-36(40(35)44(54)59)24-38-43(58)55(52-31-10-8-28(49)9-11-31)45(60)46(38,25-3-5-26(47)6-4-25)41(34)37-23-27(48)7-22-39(37)56/h3-20,22-23,35-36,38,40-41,52,56H,21,24H2,1-2H3/t35-,36+,38-,40-,41+,46+/m0/s1. The van der Waals surface area contributed by atoms with E-state index in [2.05, 4.69) is 15.7 Å². The number of azo groups is 1. The average molecular weight is 844 g/mol. The number of halogens is 3. The van der Waals surface area contributed by atoms with Crippen LogP contribution in [0.25, 0.3) is 0 Å². The Morgan fingerprint density at radius 1 is 0.767 bits per heavy atom. The minimum atomic E-state index is -1.67. The molecule has 302 valence electrons. The van der Waals surface area contributed by atoms with Crippen molar-refractivity contribution in [3.8, 4) is 5.75 Å². The van der Waals surface area contributed by atoms with Crippen LogP contribution in [0.4, 0.5) is 32.8 Å². The lowest BCUT2D eigenvalue weighted by Crippen LogP contribution is -2.53. The third-order valence-electron chi connectivity index (χ3n) is 12.3. The summed E-state index contributed by atoms with van der Waals surface area (Å²) in [6.45, 7) is 0. The summed E-state index contributed by atoms with van der Waals surface area (Å²) in [5.74, 6) is -7.08. The first-order valence-corrected chi connectivity index (χ1v) is 20.1. The number of amides is 4. The van der Waals surface area contributed by atoms with Gasteiger partial charge >= 0.3 is 0 Å². The molecule has 9 rings (SSSR count). The van der Waals surface area contributed by atoms with E-state index in [4.69, 9.17) is 23.2 Å². The Kier molecular flexibility index (Phi) is 9.79. The number of allylic oxidation sites excluding steroid dienone is 2. The molecule has 0 radical (unpaired) electrons. The van der Waals surface area contributed by atoms with Gasteiger partial charge in [0, 0.05) is 41.3 Å². The smallest absolute Gasteiger partial charge is 0.260 e. The summed E-state index contributed by atoms with van der Waals surface area (Å²) in [6, 6.07) is 30.7. The Hall–Kier alpha value is -6.37. The molecule has 3 fully saturated rings. The van der Waals surface area contributed by atoms with Gasteiger partial charge < -0.3 is 10.0 Å². The van der Waals surface area contributed by atoms with Crippen molar-refractivity contribution < 1.29 is 28.7 Å². The fraction of sp³-hybridized carbons (Fsp3) is 0.217. The molecule has 4 amide bonds. The summed E-state index contributed by atoms with van der Waals surface area (Å²) < 4.78 is 13.9. The van der Waals surface area contributed by atoms with E-state index in [0.717, 1.165) is 10.7 Å². The zero-order valence-electron chi connectivity index (χ0n) is 32.3. The van der Waals surface area contributed by atoms with Gasteiger partial charge in [0.2, 0.25) is 11.8 Å². The molecule has 0 bridgehead atoms. The first kappa shape index (κ1) is 39.1. The number of fused-ring (bicyclic) bond motifs is 4. The van der Waals surface area contributed by atoms with E-state index in [1.807, 2.05) is 49.3 Å². The van der Waals surface area contributed by atoms with Gasteiger partial charge in [-0.2, -0.15) is 15.2 Å². The van der Waals surface area contributed by atoms with Gasteiger partial charge in [0.1, 0.15) is 11.6 Å². The van der Waals surface area contributed by atoms with E-state index in [1.54, 1.807) is 54.6 Å². The highest BCUT2D eigenvalue weighted by Gasteiger charge is 2.70. The van der Waals surface area contributed by atoms with Gasteiger partial charge in [0.25, 0.3) is 11.8 Å². The predicted molar refractivity (Wildman–Crippen MR) is 226 cm³/mol. The van der Waals surface area contributed by atoms with Crippen molar-refractivity contribution in [1.29, 1.82) is 0 Å². The second-order valence-corrected chi connectivity index (χ2v) is 16.6. The third kappa shape index (κ3) is 6.33. The summed E-state index contributed by atoms with van der Waals surface area (Å²) in [5.41, 5.74) is 5.50. The van der Waals surface area contributed by atoms with Crippen LogP contribution in [0.3, 0.4) is 0 Å². The SMILES string of the molecule is CN(C)c1ccc(N=Nc2ccc(N3C(=O)[C@H]4[C@H](CC=C5[C@H]4C[C@H]4C(=O)N(Nc6ccc(F)cc6)C(=O)[C@@]4(c4ccc(Cl)cc4)[C@H]5c4cc(Cl)ccc4O)C3=O)cc2)cc1. The van der Waals surface area contributed by atoms with Gasteiger partial charge in [-0.25, -0.2) is 4.39 Å². The normalized spacial score (nSPS) is 24.7. The fourth-order valence-electron chi connectivity index (χ4n) is 9.61. The number of rotatable bonds is 8. The summed E-state index contributed by atoms with van der Waals surface area (Å²) in [7, 11) is 3.90. The number of hydrazine groups is 1. The highest BCUT2D eigenvalue weighted by atomic mass is 35.5. The number of hydrogen-bond acceptors (Lipinski definition) is 9. The monoisotopic (exact) mass is 842 g/mol. The van der Waals surface area contributed by atoms with Crippen LogP contribution in [0.15, 0.2) is 137 Å². The Morgan fingerprint density at radius 2 is 1.40 bits per heavy atom. The van der Waals surface area contributed by atoms with Gasteiger partial charge in [-0.3, -0.25) is 29.5 Å². The molecule has 2 aliphatic carbocycles. The van der Waals surface area contributed by atoms with Crippen molar-refractivity contribution in [1.82, 2.24) is 5.01 Å². The van der Waals surface area contributed by atoms with Gasteiger partial charge in [-0.1, -0.05) is 47.0 Å². The Balaban J connectivity index is 1.11. The van der Waals surface area contributed by atoms with Crippen LogP contribution in [0.1, 0.15) is 29.9 Å². The van der Waals surface area contributed by atoms with Gasteiger partial charge in [0.05, 0.1) is 45.9 Å². The molecule has 60 heavy (non-hydrogen) atoms. The van der Waals surface area contributed by atoms with Crippen molar-refractivity contribution in [2.24, 2.45) is 33.9 Å². The highest BCUT2D eigenvalue weighted by molar-refractivity contribution is 6.31. The molecule has 14 heteroatoms. The first-order valence-electron chi connectivity index (χ1n) is 19.4. The Labute approximate surface area is 354 Å². The molecule has 2 heterocycles. The number of nitrogens with one attached hydrogen (secondary N) is 1. The Bertz CT molecular complexity index is 2620. The van der Waals surface area contributed by atoms with Crippen LogP contribution in [0.5, 0.6) is 5.75 Å². The average Bonchev–Trinajstić information content (AvgIpc) is 3.62. The van der Waals surface area contributed by atoms with E-state index >= 15 is 4.79 Å². The number of imide groups is 2. The molecule has 0 aromatic heterocycles. The molecule has 5 aromatic carbocycles. The molecule has 2 N–H and O–H groups in total. The highest BCUT2D eigenvalue weighted by Crippen LogP contribution is 2.65. The third-order valence-corrected chi connectivity index (χ3v) is 12.8. The van der Waals surface area contributed by atoms with Crippen molar-refractivity contribution in [2.75, 3.05) is 29.3 Å². The first-order chi connectivity index (χ1) is 28.9. The maximum Gasteiger partial charge on any atom is 0.260 e. The zero-order chi connectivity index (χ0) is 42.0. The van der Waals surface area contributed by atoms with Crippen molar-refractivity contribution >= 4 is 75.3 Å². The van der Waals surface area contributed by atoms with Crippen LogP contribution >= 0.6 is 23.2 Å². The number of hydrogen-bond donors (Lipinski definition) is 2.